The van der Waals surface area contributed by atoms with Crippen LogP contribution in [0.15, 0.2) is 88.7 Å². The summed E-state index contributed by atoms with van der Waals surface area (Å²) in [5, 5.41) is 6.09. The minimum atomic E-state index is -0.345. The summed E-state index contributed by atoms with van der Waals surface area (Å²) in [5.41, 5.74) is 4.90. The Morgan fingerprint density at radius 1 is 1.00 bits per heavy atom. The molecule has 0 saturated carbocycles. The minimum absolute atomic E-state index is 0.214. The Kier molecular flexibility index (Phi) is 5.44. The van der Waals surface area contributed by atoms with Crippen LogP contribution in [0.3, 0.4) is 0 Å². The zero-order valence-electron chi connectivity index (χ0n) is 17.4. The topological polar surface area (TPSA) is 64.4 Å². The van der Waals surface area contributed by atoms with Crippen LogP contribution in [0.2, 0.25) is 0 Å². The van der Waals surface area contributed by atoms with Gasteiger partial charge in [-0.3, -0.25) is 10.1 Å². The number of thiazole rings is 1. The molecule has 5 aromatic rings. The van der Waals surface area contributed by atoms with Gasteiger partial charge in [0.1, 0.15) is 0 Å². The maximum atomic E-state index is 12.7. The summed E-state index contributed by atoms with van der Waals surface area (Å²) < 4.78 is 11.0. The SMILES string of the molecule is COc1cccc2cc(C(=O)Nc3nc(-c4ccc(Cc5ccccc5)cc4)cs3)oc12. The number of aromatic nitrogens is 1. The number of ether oxygens (including phenoxy) is 1. The van der Waals surface area contributed by atoms with Crippen molar-refractivity contribution in [3.8, 4) is 17.0 Å². The van der Waals surface area contributed by atoms with Crippen molar-refractivity contribution in [3.05, 3.63) is 101 Å². The van der Waals surface area contributed by atoms with Gasteiger partial charge >= 0.3 is 0 Å². The van der Waals surface area contributed by atoms with Crippen LogP contribution in [-0.2, 0) is 6.42 Å². The Morgan fingerprint density at radius 3 is 2.56 bits per heavy atom. The number of nitrogens with one attached hydrogen (secondary N) is 1. The fourth-order valence-electron chi connectivity index (χ4n) is 3.56. The summed E-state index contributed by atoms with van der Waals surface area (Å²) in [6, 6.07) is 26.0. The summed E-state index contributed by atoms with van der Waals surface area (Å²) >= 11 is 1.38. The van der Waals surface area contributed by atoms with Crippen LogP contribution in [0.4, 0.5) is 5.13 Å². The number of nitrogens with zero attached hydrogens (tertiary/aromatic N) is 1. The number of para-hydroxylation sites is 1. The molecule has 0 aliphatic carbocycles. The number of rotatable bonds is 6. The van der Waals surface area contributed by atoms with Gasteiger partial charge < -0.3 is 9.15 Å². The first-order chi connectivity index (χ1) is 15.7. The molecule has 0 bridgehead atoms. The third-order valence-electron chi connectivity index (χ3n) is 5.18. The lowest BCUT2D eigenvalue weighted by Gasteiger charge is -2.03. The molecule has 0 spiro atoms. The Bertz CT molecular complexity index is 1370. The zero-order chi connectivity index (χ0) is 21.9. The van der Waals surface area contributed by atoms with Crippen LogP contribution in [0.1, 0.15) is 21.7 Å². The fourth-order valence-corrected chi connectivity index (χ4v) is 4.27. The van der Waals surface area contributed by atoms with E-state index in [9.17, 15) is 4.79 Å². The molecular weight excluding hydrogens is 420 g/mol. The van der Waals surface area contributed by atoms with Gasteiger partial charge in [0.2, 0.25) is 0 Å². The number of carbonyl (C=O) groups excluding carboxylic acids is 1. The second-order valence-corrected chi connectivity index (χ2v) is 8.20. The molecule has 0 aliphatic rings. The molecule has 2 aromatic heterocycles. The molecule has 0 radical (unpaired) electrons. The first kappa shape index (κ1) is 20.0. The van der Waals surface area contributed by atoms with Crippen molar-refractivity contribution in [2.24, 2.45) is 0 Å². The number of carbonyl (C=O) groups is 1. The zero-order valence-corrected chi connectivity index (χ0v) is 18.2. The number of benzene rings is 3. The number of hydrogen-bond acceptors (Lipinski definition) is 5. The number of amides is 1. The highest BCUT2D eigenvalue weighted by atomic mass is 32.1. The molecule has 0 unspecified atom stereocenters. The van der Waals surface area contributed by atoms with E-state index < -0.39 is 0 Å². The maximum absolute atomic E-state index is 12.7. The van der Waals surface area contributed by atoms with Crippen molar-refractivity contribution in [3.63, 3.8) is 0 Å². The van der Waals surface area contributed by atoms with E-state index in [0.717, 1.165) is 23.1 Å². The van der Waals surface area contributed by atoms with Gasteiger partial charge in [-0.15, -0.1) is 11.3 Å². The molecule has 1 N–H and O–H groups in total. The van der Waals surface area contributed by atoms with Gasteiger partial charge in [0.15, 0.2) is 22.2 Å². The van der Waals surface area contributed by atoms with Crippen molar-refractivity contribution < 1.29 is 13.9 Å². The summed E-state index contributed by atoms with van der Waals surface area (Å²) in [5.74, 6) is 0.461. The van der Waals surface area contributed by atoms with Crippen molar-refractivity contribution >= 4 is 33.3 Å². The van der Waals surface area contributed by atoms with Gasteiger partial charge in [0.25, 0.3) is 5.91 Å². The second-order valence-electron chi connectivity index (χ2n) is 7.34. The Labute approximate surface area is 189 Å². The molecule has 0 atom stereocenters. The van der Waals surface area contributed by atoms with Crippen LogP contribution in [0.5, 0.6) is 5.75 Å². The van der Waals surface area contributed by atoms with E-state index in [-0.39, 0.29) is 11.7 Å². The second kappa shape index (κ2) is 8.69. The highest BCUT2D eigenvalue weighted by Gasteiger charge is 2.16. The number of methoxy groups -OCH3 is 1. The van der Waals surface area contributed by atoms with Gasteiger partial charge in [0.05, 0.1) is 12.8 Å². The lowest BCUT2D eigenvalue weighted by Crippen LogP contribution is -2.10. The normalized spacial score (nSPS) is 10.9. The van der Waals surface area contributed by atoms with E-state index in [1.165, 1.54) is 22.5 Å². The van der Waals surface area contributed by atoms with Gasteiger partial charge in [-0.25, -0.2) is 4.98 Å². The van der Waals surface area contributed by atoms with Crippen LogP contribution < -0.4 is 10.1 Å². The van der Waals surface area contributed by atoms with E-state index in [4.69, 9.17) is 9.15 Å². The average molecular weight is 441 g/mol. The van der Waals surface area contributed by atoms with Gasteiger partial charge in [0, 0.05) is 16.3 Å². The molecule has 5 rings (SSSR count). The summed E-state index contributed by atoms with van der Waals surface area (Å²) in [4.78, 5) is 17.2. The van der Waals surface area contributed by atoms with E-state index in [2.05, 4.69) is 58.8 Å². The van der Waals surface area contributed by atoms with E-state index in [1.54, 1.807) is 19.2 Å². The Morgan fingerprint density at radius 2 is 1.78 bits per heavy atom. The molecule has 2 heterocycles. The van der Waals surface area contributed by atoms with Gasteiger partial charge in [-0.05, 0) is 29.7 Å². The first-order valence-electron chi connectivity index (χ1n) is 10.2. The molecule has 1 amide bonds. The average Bonchev–Trinajstić information content (AvgIpc) is 3.47. The highest BCUT2D eigenvalue weighted by molar-refractivity contribution is 7.14. The quantitative estimate of drug-likeness (QED) is 0.331. The van der Waals surface area contributed by atoms with Crippen LogP contribution in [0, 0.1) is 0 Å². The molecule has 158 valence electrons. The smallest absolute Gasteiger partial charge is 0.293 e. The maximum Gasteiger partial charge on any atom is 0.293 e. The molecular formula is C26H20N2O3S. The minimum Gasteiger partial charge on any atom is -0.493 e. The monoisotopic (exact) mass is 440 g/mol. The molecule has 0 aliphatic heterocycles. The Balaban J connectivity index is 1.29. The van der Waals surface area contributed by atoms with E-state index in [1.807, 2.05) is 23.6 Å². The fraction of sp³-hybridized carbons (Fsp3) is 0.0769. The molecule has 6 heteroatoms. The Hall–Kier alpha value is -3.90. The van der Waals surface area contributed by atoms with Gasteiger partial charge in [-0.2, -0.15) is 0 Å². The lowest BCUT2D eigenvalue weighted by molar-refractivity contribution is 0.0998. The first-order valence-corrected chi connectivity index (χ1v) is 11.0. The van der Waals surface area contributed by atoms with Gasteiger partial charge in [-0.1, -0.05) is 66.7 Å². The highest BCUT2D eigenvalue weighted by Crippen LogP contribution is 2.30. The van der Waals surface area contributed by atoms with Crippen LogP contribution >= 0.6 is 11.3 Å². The van der Waals surface area contributed by atoms with E-state index in [0.29, 0.717) is 16.5 Å². The molecule has 5 nitrogen and oxygen atoms in total. The number of fused-ring (bicyclic) bond motifs is 1. The summed E-state index contributed by atoms with van der Waals surface area (Å²) in [6.07, 6.45) is 0.891. The van der Waals surface area contributed by atoms with Crippen molar-refractivity contribution in [1.29, 1.82) is 0 Å². The number of anilines is 1. The predicted octanol–water partition coefficient (Wildman–Crippen LogP) is 6.41. The summed E-state index contributed by atoms with van der Waals surface area (Å²) in [6.45, 7) is 0. The van der Waals surface area contributed by atoms with E-state index >= 15 is 0 Å². The van der Waals surface area contributed by atoms with Crippen molar-refractivity contribution in [2.75, 3.05) is 12.4 Å². The molecule has 0 saturated heterocycles. The lowest BCUT2D eigenvalue weighted by atomic mass is 10.0. The standard InChI is InChI=1S/C26H20N2O3S/c1-30-22-9-5-8-20-15-23(31-24(20)22)25(29)28-26-27-21(16-32-26)19-12-10-18(11-13-19)14-17-6-3-2-4-7-17/h2-13,15-16H,14H2,1H3,(H,27,28,29). The largest absolute Gasteiger partial charge is 0.493 e. The summed E-state index contributed by atoms with van der Waals surface area (Å²) in [7, 11) is 1.57. The van der Waals surface area contributed by atoms with Crippen molar-refractivity contribution in [1.82, 2.24) is 4.98 Å². The number of hydrogen-bond donors (Lipinski definition) is 1. The van der Waals surface area contributed by atoms with Crippen LogP contribution in [-0.4, -0.2) is 18.0 Å². The number of furan rings is 1. The molecule has 3 aromatic carbocycles. The predicted molar refractivity (Wildman–Crippen MR) is 128 cm³/mol. The van der Waals surface area contributed by atoms with Crippen molar-refractivity contribution in [2.45, 2.75) is 6.42 Å². The third kappa shape index (κ3) is 4.13. The molecule has 0 fully saturated rings. The van der Waals surface area contributed by atoms with Crippen LogP contribution in [0.25, 0.3) is 22.2 Å². The molecule has 32 heavy (non-hydrogen) atoms. The third-order valence-corrected chi connectivity index (χ3v) is 5.93.